The molecular formula is C17H22N2O5S. The highest BCUT2D eigenvalue weighted by atomic mass is 32.2. The highest BCUT2D eigenvalue weighted by molar-refractivity contribution is 7.93. The molecule has 2 N–H and O–H groups in total. The van der Waals surface area contributed by atoms with Crippen molar-refractivity contribution in [2.24, 2.45) is 11.8 Å². The number of rotatable bonds is 5. The standard InChI is InChI=1S/C17H22N2O5S/c20-16(13-5-6-14(10-13)17(21)22)18-11-12-3-1-4-15(9-12)19-7-2-8-25(19,23)24/h1,3-4,9,13-14H,2,5-8,10-11H2,(H,18,20)(H,21,22)/t13-,14+/m0/s1. The molecule has 7 nitrogen and oxygen atoms in total. The summed E-state index contributed by atoms with van der Waals surface area (Å²) in [7, 11) is -3.23. The summed E-state index contributed by atoms with van der Waals surface area (Å²) in [5.41, 5.74) is 1.44. The number of hydrogen-bond acceptors (Lipinski definition) is 4. The maximum Gasteiger partial charge on any atom is 0.306 e. The van der Waals surface area contributed by atoms with E-state index in [2.05, 4.69) is 5.32 Å². The minimum atomic E-state index is -3.23. The summed E-state index contributed by atoms with van der Waals surface area (Å²) in [6.45, 7) is 0.783. The Morgan fingerprint density at radius 3 is 2.64 bits per heavy atom. The first-order chi connectivity index (χ1) is 11.9. The van der Waals surface area contributed by atoms with Gasteiger partial charge in [-0.15, -0.1) is 0 Å². The van der Waals surface area contributed by atoms with E-state index in [1.165, 1.54) is 4.31 Å². The number of sulfonamides is 1. The molecule has 3 rings (SSSR count). The highest BCUT2D eigenvalue weighted by Crippen LogP contribution is 2.31. The normalized spacial score (nSPS) is 25.0. The number of nitrogens with zero attached hydrogens (tertiary/aromatic N) is 1. The Morgan fingerprint density at radius 2 is 2.00 bits per heavy atom. The Labute approximate surface area is 147 Å². The molecule has 2 atom stereocenters. The summed E-state index contributed by atoms with van der Waals surface area (Å²) < 4.78 is 25.4. The van der Waals surface area contributed by atoms with Gasteiger partial charge in [0, 0.05) is 19.0 Å². The molecule has 0 radical (unpaired) electrons. The van der Waals surface area contributed by atoms with Crippen LogP contribution in [-0.4, -0.2) is 37.7 Å². The molecule has 1 aromatic carbocycles. The lowest BCUT2D eigenvalue weighted by molar-refractivity contribution is -0.141. The first kappa shape index (κ1) is 17.7. The van der Waals surface area contributed by atoms with Crippen molar-refractivity contribution in [2.45, 2.75) is 32.2 Å². The van der Waals surface area contributed by atoms with Crippen LogP contribution in [0.15, 0.2) is 24.3 Å². The van der Waals surface area contributed by atoms with Gasteiger partial charge in [0.15, 0.2) is 0 Å². The van der Waals surface area contributed by atoms with Crippen molar-refractivity contribution in [1.29, 1.82) is 0 Å². The minimum Gasteiger partial charge on any atom is -0.481 e. The molecule has 1 aliphatic heterocycles. The van der Waals surface area contributed by atoms with Crippen molar-refractivity contribution >= 4 is 27.6 Å². The van der Waals surface area contributed by atoms with Gasteiger partial charge in [0.2, 0.25) is 15.9 Å². The molecule has 1 heterocycles. The second-order valence-corrected chi connectivity index (χ2v) is 8.69. The zero-order chi connectivity index (χ0) is 18.0. The van der Waals surface area contributed by atoms with Crippen LogP contribution in [0.2, 0.25) is 0 Å². The zero-order valence-electron chi connectivity index (χ0n) is 13.8. The van der Waals surface area contributed by atoms with Gasteiger partial charge in [-0.2, -0.15) is 0 Å². The molecule has 1 aliphatic carbocycles. The first-order valence-electron chi connectivity index (χ1n) is 8.47. The number of carbonyl (C=O) groups excluding carboxylic acids is 1. The predicted molar refractivity (Wildman–Crippen MR) is 92.5 cm³/mol. The molecular weight excluding hydrogens is 344 g/mol. The third kappa shape index (κ3) is 3.95. The van der Waals surface area contributed by atoms with E-state index in [-0.39, 0.29) is 17.6 Å². The number of amides is 1. The largest absolute Gasteiger partial charge is 0.481 e. The SMILES string of the molecule is O=C(O)[C@@H]1CC[C@H](C(=O)NCc2cccc(N3CCCS3(=O)=O)c2)C1. The fraction of sp³-hybridized carbons (Fsp3) is 0.529. The van der Waals surface area contributed by atoms with Crippen molar-refractivity contribution in [3.05, 3.63) is 29.8 Å². The molecule has 0 unspecified atom stereocenters. The van der Waals surface area contributed by atoms with Crippen LogP contribution in [0.4, 0.5) is 5.69 Å². The number of carboxylic acids is 1. The molecule has 2 fully saturated rings. The molecule has 1 amide bonds. The van der Waals surface area contributed by atoms with E-state index in [9.17, 15) is 18.0 Å². The molecule has 0 spiro atoms. The molecule has 2 aliphatic rings. The lowest BCUT2D eigenvalue weighted by atomic mass is 10.0. The van der Waals surface area contributed by atoms with Gasteiger partial charge in [0.25, 0.3) is 0 Å². The van der Waals surface area contributed by atoms with Crippen molar-refractivity contribution < 1.29 is 23.1 Å². The smallest absolute Gasteiger partial charge is 0.306 e. The van der Waals surface area contributed by atoms with E-state index in [1.54, 1.807) is 18.2 Å². The second-order valence-electron chi connectivity index (χ2n) is 6.67. The number of nitrogens with one attached hydrogen (secondary N) is 1. The Bertz CT molecular complexity index is 777. The van der Waals surface area contributed by atoms with Crippen LogP contribution in [0.25, 0.3) is 0 Å². The van der Waals surface area contributed by atoms with Gasteiger partial charge in [-0.1, -0.05) is 12.1 Å². The summed E-state index contributed by atoms with van der Waals surface area (Å²) in [6.07, 6.45) is 2.13. The van der Waals surface area contributed by atoms with Crippen LogP contribution in [0.1, 0.15) is 31.2 Å². The number of hydrogen-bond donors (Lipinski definition) is 2. The van der Waals surface area contributed by atoms with Crippen LogP contribution in [0.5, 0.6) is 0 Å². The minimum absolute atomic E-state index is 0.136. The Balaban J connectivity index is 1.60. The Hall–Kier alpha value is -2.09. The maximum absolute atomic E-state index is 12.2. The Kier molecular flexibility index (Phi) is 4.99. The quantitative estimate of drug-likeness (QED) is 0.818. The van der Waals surface area contributed by atoms with E-state index >= 15 is 0 Å². The van der Waals surface area contributed by atoms with E-state index in [4.69, 9.17) is 5.11 Å². The van der Waals surface area contributed by atoms with Crippen molar-refractivity contribution in [2.75, 3.05) is 16.6 Å². The van der Waals surface area contributed by atoms with Crippen molar-refractivity contribution in [1.82, 2.24) is 5.32 Å². The summed E-state index contributed by atoms with van der Waals surface area (Å²) in [5, 5.41) is 11.9. The topological polar surface area (TPSA) is 104 Å². The fourth-order valence-corrected chi connectivity index (χ4v) is 5.08. The first-order valence-corrected chi connectivity index (χ1v) is 10.1. The molecule has 25 heavy (non-hydrogen) atoms. The molecule has 1 saturated carbocycles. The predicted octanol–water partition coefficient (Wildman–Crippen LogP) is 1.34. The summed E-state index contributed by atoms with van der Waals surface area (Å²) in [6, 6.07) is 7.14. The van der Waals surface area contributed by atoms with Crippen LogP contribution in [0.3, 0.4) is 0 Å². The van der Waals surface area contributed by atoms with E-state index in [1.807, 2.05) is 6.07 Å². The Morgan fingerprint density at radius 1 is 1.24 bits per heavy atom. The number of anilines is 1. The van der Waals surface area contributed by atoms with Gasteiger partial charge in [-0.25, -0.2) is 8.42 Å². The molecule has 0 aromatic heterocycles. The molecule has 1 aromatic rings. The molecule has 1 saturated heterocycles. The van der Waals surface area contributed by atoms with E-state index in [0.717, 1.165) is 5.56 Å². The third-order valence-electron chi connectivity index (χ3n) is 4.92. The monoisotopic (exact) mass is 366 g/mol. The van der Waals surface area contributed by atoms with Gasteiger partial charge < -0.3 is 10.4 Å². The molecule has 136 valence electrons. The molecule has 8 heteroatoms. The third-order valence-corrected chi connectivity index (χ3v) is 6.79. The van der Waals surface area contributed by atoms with E-state index < -0.39 is 21.9 Å². The van der Waals surface area contributed by atoms with Gasteiger partial charge in [0.05, 0.1) is 17.4 Å². The summed E-state index contributed by atoms with van der Waals surface area (Å²) >= 11 is 0. The summed E-state index contributed by atoms with van der Waals surface area (Å²) in [4.78, 5) is 23.2. The van der Waals surface area contributed by atoms with Gasteiger partial charge in [-0.05, 0) is 43.4 Å². The lowest BCUT2D eigenvalue weighted by Gasteiger charge is -2.18. The second kappa shape index (κ2) is 7.03. The highest BCUT2D eigenvalue weighted by Gasteiger charge is 2.33. The number of aliphatic carboxylic acids is 1. The maximum atomic E-state index is 12.2. The van der Waals surface area contributed by atoms with Crippen molar-refractivity contribution in [3.63, 3.8) is 0 Å². The van der Waals surface area contributed by atoms with Crippen LogP contribution in [-0.2, 0) is 26.2 Å². The molecule has 0 bridgehead atoms. The average Bonchev–Trinajstić information content (AvgIpc) is 3.19. The number of carbonyl (C=O) groups is 2. The van der Waals surface area contributed by atoms with E-state index in [0.29, 0.717) is 44.5 Å². The average molecular weight is 366 g/mol. The van der Waals surface area contributed by atoms with Crippen LogP contribution < -0.4 is 9.62 Å². The number of carboxylic acid groups (broad SMARTS) is 1. The van der Waals surface area contributed by atoms with Crippen LogP contribution in [0, 0.1) is 11.8 Å². The van der Waals surface area contributed by atoms with Gasteiger partial charge in [0.1, 0.15) is 0 Å². The fourth-order valence-electron chi connectivity index (χ4n) is 3.53. The van der Waals surface area contributed by atoms with Crippen LogP contribution >= 0.6 is 0 Å². The summed E-state index contributed by atoms with van der Waals surface area (Å²) in [5.74, 6) is -1.50. The lowest BCUT2D eigenvalue weighted by Crippen LogP contribution is -2.29. The van der Waals surface area contributed by atoms with Gasteiger partial charge >= 0.3 is 5.97 Å². The van der Waals surface area contributed by atoms with Crippen molar-refractivity contribution in [3.8, 4) is 0 Å². The van der Waals surface area contributed by atoms with Gasteiger partial charge in [-0.3, -0.25) is 13.9 Å². The zero-order valence-corrected chi connectivity index (χ0v) is 14.7. The number of benzene rings is 1.